The predicted molar refractivity (Wildman–Crippen MR) is 145 cm³/mol. The van der Waals surface area contributed by atoms with Crippen molar-refractivity contribution in [3.63, 3.8) is 0 Å². The molecular formula is C30H34N4O2. The Bertz CT molecular complexity index is 1250. The van der Waals surface area contributed by atoms with Gasteiger partial charge >= 0.3 is 0 Å². The van der Waals surface area contributed by atoms with Gasteiger partial charge in [0.25, 0.3) is 0 Å². The lowest BCUT2D eigenvalue weighted by atomic mass is 10.1. The number of aromatic nitrogens is 2. The van der Waals surface area contributed by atoms with E-state index in [-0.39, 0.29) is 0 Å². The number of hydrogen-bond acceptors (Lipinski definition) is 5. The van der Waals surface area contributed by atoms with Gasteiger partial charge in [0, 0.05) is 43.9 Å². The quantitative estimate of drug-likeness (QED) is 0.327. The van der Waals surface area contributed by atoms with Crippen molar-refractivity contribution in [2.45, 2.75) is 6.92 Å². The Morgan fingerprint density at radius 1 is 0.750 bits per heavy atom. The minimum atomic E-state index is 0.685. The second-order valence-corrected chi connectivity index (χ2v) is 9.04. The van der Waals surface area contributed by atoms with Crippen LogP contribution in [0.15, 0.2) is 84.9 Å². The van der Waals surface area contributed by atoms with Crippen molar-refractivity contribution in [1.82, 2.24) is 19.6 Å². The van der Waals surface area contributed by atoms with Crippen molar-refractivity contribution in [2.75, 3.05) is 53.0 Å². The van der Waals surface area contributed by atoms with E-state index in [0.29, 0.717) is 6.61 Å². The summed E-state index contributed by atoms with van der Waals surface area (Å²) in [7, 11) is 1.68. The van der Waals surface area contributed by atoms with E-state index in [0.717, 1.165) is 79.0 Å². The molecule has 0 N–H and O–H groups in total. The molecule has 0 radical (unpaired) electrons. The Balaban J connectivity index is 1.36. The predicted octanol–water partition coefficient (Wildman–Crippen LogP) is 5.23. The van der Waals surface area contributed by atoms with Crippen molar-refractivity contribution >= 4 is 0 Å². The van der Waals surface area contributed by atoms with Crippen LogP contribution in [0.4, 0.5) is 0 Å². The highest BCUT2D eigenvalue weighted by Gasteiger charge is 2.16. The highest BCUT2D eigenvalue weighted by atomic mass is 16.5. The molecule has 1 saturated heterocycles. The fraction of sp³-hybridized carbons (Fsp3) is 0.300. The minimum Gasteiger partial charge on any atom is -0.497 e. The summed E-state index contributed by atoms with van der Waals surface area (Å²) in [5.74, 6) is 1.71. The summed E-state index contributed by atoms with van der Waals surface area (Å²) in [5, 5.41) is 4.97. The number of ether oxygens (including phenoxy) is 2. The van der Waals surface area contributed by atoms with Gasteiger partial charge in [-0.25, -0.2) is 4.68 Å². The number of rotatable bonds is 9. The van der Waals surface area contributed by atoms with Crippen LogP contribution in [0.1, 0.15) is 6.92 Å². The van der Waals surface area contributed by atoms with E-state index in [9.17, 15) is 0 Å². The normalized spacial score (nSPS) is 14.6. The first-order valence-electron chi connectivity index (χ1n) is 12.7. The molecular weight excluding hydrogens is 448 g/mol. The third-order valence-electron chi connectivity index (χ3n) is 6.81. The second kappa shape index (κ2) is 11.4. The van der Waals surface area contributed by atoms with Crippen LogP contribution in [0.3, 0.4) is 0 Å². The maximum absolute atomic E-state index is 6.19. The molecule has 0 aliphatic carbocycles. The van der Waals surface area contributed by atoms with Crippen molar-refractivity contribution in [1.29, 1.82) is 0 Å². The second-order valence-electron chi connectivity index (χ2n) is 9.04. The topological polar surface area (TPSA) is 42.8 Å². The fourth-order valence-corrected chi connectivity index (χ4v) is 4.62. The van der Waals surface area contributed by atoms with E-state index in [1.807, 2.05) is 53.2 Å². The third kappa shape index (κ3) is 5.61. The van der Waals surface area contributed by atoms with Crippen LogP contribution in [0, 0.1) is 0 Å². The molecule has 1 aliphatic rings. The van der Waals surface area contributed by atoms with Crippen LogP contribution in [0.25, 0.3) is 28.2 Å². The van der Waals surface area contributed by atoms with E-state index < -0.39 is 0 Å². The largest absolute Gasteiger partial charge is 0.497 e. The zero-order chi connectivity index (χ0) is 24.7. The van der Waals surface area contributed by atoms with Crippen LogP contribution >= 0.6 is 0 Å². The summed E-state index contributed by atoms with van der Waals surface area (Å²) < 4.78 is 13.5. The summed E-state index contributed by atoms with van der Waals surface area (Å²) in [6.45, 7) is 9.52. The summed E-state index contributed by atoms with van der Waals surface area (Å²) >= 11 is 0. The molecule has 6 heteroatoms. The molecule has 2 heterocycles. The van der Waals surface area contributed by atoms with E-state index in [2.05, 4.69) is 53.1 Å². The maximum atomic E-state index is 6.19. The number of nitrogens with zero attached hydrogens (tertiary/aromatic N) is 4. The Hall–Kier alpha value is -3.61. The Morgan fingerprint density at radius 2 is 1.50 bits per heavy atom. The Morgan fingerprint density at radius 3 is 2.22 bits per heavy atom. The molecule has 1 aromatic heterocycles. The number of piperazine rings is 1. The monoisotopic (exact) mass is 482 g/mol. The van der Waals surface area contributed by atoms with Crippen LogP contribution in [-0.2, 0) is 0 Å². The van der Waals surface area contributed by atoms with Crippen molar-refractivity contribution in [3.8, 4) is 39.7 Å². The van der Waals surface area contributed by atoms with Gasteiger partial charge in [0.2, 0.25) is 0 Å². The van der Waals surface area contributed by atoms with Gasteiger partial charge in [-0.1, -0.05) is 37.3 Å². The summed E-state index contributed by atoms with van der Waals surface area (Å²) in [4.78, 5) is 4.98. The molecule has 0 atom stereocenters. The molecule has 186 valence electrons. The molecule has 36 heavy (non-hydrogen) atoms. The van der Waals surface area contributed by atoms with E-state index in [4.69, 9.17) is 14.6 Å². The van der Waals surface area contributed by atoms with Crippen LogP contribution in [0.2, 0.25) is 0 Å². The molecule has 0 spiro atoms. The smallest absolute Gasteiger partial charge is 0.120 e. The van der Waals surface area contributed by atoms with Crippen LogP contribution in [-0.4, -0.2) is 72.6 Å². The van der Waals surface area contributed by atoms with Gasteiger partial charge in [-0.05, 0) is 61.1 Å². The molecule has 0 bridgehead atoms. The van der Waals surface area contributed by atoms with Crippen LogP contribution < -0.4 is 9.47 Å². The average Bonchev–Trinajstić information content (AvgIpc) is 3.40. The van der Waals surface area contributed by atoms with Crippen molar-refractivity contribution in [2.24, 2.45) is 0 Å². The van der Waals surface area contributed by atoms with Gasteiger partial charge in [-0.2, -0.15) is 5.10 Å². The first-order valence-corrected chi connectivity index (χ1v) is 12.7. The Labute approximate surface area is 213 Å². The van der Waals surface area contributed by atoms with Crippen LogP contribution in [0.5, 0.6) is 11.5 Å². The first-order chi connectivity index (χ1) is 17.7. The molecule has 3 aromatic carbocycles. The lowest BCUT2D eigenvalue weighted by molar-refractivity contribution is 0.121. The number of para-hydroxylation sites is 1. The standard InChI is InChI=1S/C30H34N4O2/c1-3-32-16-18-33(19-17-32)20-21-36-28-11-7-8-25(22-28)30-23-29(24-12-14-27(35-2)15-13-24)31-34(30)26-9-5-4-6-10-26/h4-15,22-23H,3,16-21H2,1-2H3. The molecule has 1 aliphatic heterocycles. The maximum Gasteiger partial charge on any atom is 0.120 e. The fourth-order valence-electron chi connectivity index (χ4n) is 4.62. The lowest BCUT2D eigenvalue weighted by Gasteiger charge is -2.33. The van der Waals surface area contributed by atoms with Crippen molar-refractivity contribution in [3.05, 3.63) is 84.9 Å². The zero-order valence-electron chi connectivity index (χ0n) is 21.1. The van der Waals surface area contributed by atoms with Gasteiger partial charge in [-0.15, -0.1) is 0 Å². The number of likely N-dealkylation sites (N-methyl/N-ethyl adjacent to an activating group) is 1. The van der Waals surface area contributed by atoms with Crippen molar-refractivity contribution < 1.29 is 9.47 Å². The zero-order valence-corrected chi connectivity index (χ0v) is 21.1. The molecule has 5 rings (SSSR count). The van der Waals surface area contributed by atoms with Gasteiger partial charge in [0.05, 0.1) is 24.2 Å². The molecule has 6 nitrogen and oxygen atoms in total. The number of benzene rings is 3. The molecule has 0 unspecified atom stereocenters. The van der Waals surface area contributed by atoms with Gasteiger partial charge in [0.15, 0.2) is 0 Å². The number of hydrogen-bond donors (Lipinski definition) is 0. The molecule has 0 amide bonds. The summed E-state index contributed by atoms with van der Waals surface area (Å²) in [6.07, 6.45) is 0. The Kier molecular flexibility index (Phi) is 7.64. The van der Waals surface area contributed by atoms with E-state index in [1.54, 1.807) is 7.11 Å². The molecule has 1 fully saturated rings. The highest BCUT2D eigenvalue weighted by molar-refractivity contribution is 5.71. The number of methoxy groups -OCH3 is 1. The first kappa shape index (κ1) is 24.1. The average molecular weight is 483 g/mol. The van der Waals surface area contributed by atoms with Gasteiger partial charge < -0.3 is 14.4 Å². The summed E-state index contributed by atoms with van der Waals surface area (Å²) in [6, 6.07) is 28.7. The highest BCUT2D eigenvalue weighted by Crippen LogP contribution is 2.31. The SMILES string of the molecule is CCN1CCN(CCOc2cccc(-c3cc(-c4ccc(OC)cc4)nn3-c3ccccc3)c2)CC1. The van der Waals surface area contributed by atoms with E-state index >= 15 is 0 Å². The van der Waals surface area contributed by atoms with Gasteiger partial charge in [-0.3, -0.25) is 4.90 Å². The minimum absolute atomic E-state index is 0.685. The van der Waals surface area contributed by atoms with Gasteiger partial charge in [0.1, 0.15) is 18.1 Å². The third-order valence-corrected chi connectivity index (χ3v) is 6.81. The molecule has 0 saturated carbocycles. The van der Waals surface area contributed by atoms with E-state index in [1.165, 1.54) is 0 Å². The summed E-state index contributed by atoms with van der Waals surface area (Å²) in [5.41, 5.74) is 5.06. The molecule has 4 aromatic rings. The lowest BCUT2D eigenvalue weighted by Crippen LogP contribution is -2.47.